The monoisotopic (exact) mass is 237 g/mol. The van der Waals surface area contributed by atoms with Crippen molar-refractivity contribution in [2.45, 2.75) is 44.9 Å². The third-order valence-corrected chi connectivity index (χ3v) is 4.33. The summed E-state index contributed by atoms with van der Waals surface area (Å²) in [5.74, 6) is 1.21. The molecule has 0 radical (unpaired) electrons. The molecule has 2 atom stereocenters. The maximum atomic E-state index is 6.10. The Labute approximate surface area is 104 Å². The van der Waals surface area contributed by atoms with E-state index in [1.165, 1.54) is 29.7 Å². The van der Waals surface area contributed by atoms with E-state index in [9.17, 15) is 0 Å². The Morgan fingerprint density at radius 3 is 2.56 bits per heavy atom. The predicted molar refractivity (Wildman–Crippen MR) is 74.9 cm³/mol. The van der Waals surface area contributed by atoms with E-state index in [0.29, 0.717) is 5.25 Å². The Morgan fingerprint density at radius 1 is 1.31 bits per heavy atom. The van der Waals surface area contributed by atoms with Crippen molar-refractivity contribution in [1.82, 2.24) is 0 Å². The highest BCUT2D eigenvalue weighted by atomic mass is 32.2. The Bertz CT molecular complexity index is 309. The van der Waals surface area contributed by atoms with E-state index in [0.717, 1.165) is 0 Å². The van der Waals surface area contributed by atoms with Gasteiger partial charge in [-0.15, -0.1) is 0 Å². The summed E-state index contributed by atoms with van der Waals surface area (Å²) >= 11 is 2.00. The van der Waals surface area contributed by atoms with Gasteiger partial charge >= 0.3 is 0 Å². The molecule has 16 heavy (non-hydrogen) atoms. The lowest BCUT2D eigenvalue weighted by Gasteiger charge is -2.22. The largest absolute Gasteiger partial charge is 0.327 e. The molecule has 0 heterocycles. The maximum absolute atomic E-state index is 6.10. The molecule has 0 aliphatic carbocycles. The highest BCUT2D eigenvalue weighted by Gasteiger charge is 2.17. The normalized spacial score (nSPS) is 14.8. The fourth-order valence-corrected chi connectivity index (χ4v) is 3.24. The minimum Gasteiger partial charge on any atom is -0.327 e. The smallest absolute Gasteiger partial charge is 0.0448 e. The molecule has 0 aromatic heterocycles. The van der Waals surface area contributed by atoms with Crippen molar-refractivity contribution in [2.75, 3.05) is 5.75 Å². The van der Waals surface area contributed by atoms with Crippen LogP contribution in [0.25, 0.3) is 0 Å². The van der Waals surface area contributed by atoms with Crippen LogP contribution in [0.2, 0.25) is 0 Å². The van der Waals surface area contributed by atoms with E-state index in [1.54, 1.807) is 0 Å². The van der Waals surface area contributed by atoms with Gasteiger partial charge in [0, 0.05) is 11.3 Å². The third-order valence-electron chi connectivity index (χ3n) is 2.77. The number of hydrogen-bond acceptors (Lipinski definition) is 2. The number of unbranched alkanes of at least 4 members (excludes halogenated alkanes) is 1. The van der Waals surface area contributed by atoms with Gasteiger partial charge < -0.3 is 5.73 Å². The van der Waals surface area contributed by atoms with Gasteiger partial charge in [0.25, 0.3) is 0 Å². The second-order valence-electron chi connectivity index (χ2n) is 4.36. The molecule has 0 aliphatic rings. The summed E-state index contributed by atoms with van der Waals surface area (Å²) in [7, 11) is 0. The van der Waals surface area contributed by atoms with Crippen molar-refractivity contribution in [3.63, 3.8) is 0 Å². The molecular formula is C14H23NS. The summed E-state index contributed by atoms with van der Waals surface area (Å²) in [5, 5.41) is 0.438. The molecule has 1 aromatic rings. The van der Waals surface area contributed by atoms with Crippen LogP contribution in [0.5, 0.6) is 0 Å². The maximum Gasteiger partial charge on any atom is 0.0448 e. The summed E-state index contributed by atoms with van der Waals surface area (Å²) in [6, 6.07) is 8.79. The van der Waals surface area contributed by atoms with Crippen LogP contribution in [0.1, 0.15) is 43.1 Å². The zero-order valence-electron chi connectivity index (χ0n) is 10.6. The van der Waals surface area contributed by atoms with Crippen molar-refractivity contribution in [3.8, 4) is 0 Å². The summed E-state index contributed by atoms with van der Waals surface area (Å²) in [6.07, 6.45) is 2.53. The molecule has 0 spiro atoms. The summed E-state index contributed by atoms with van der Waals surface area (Å²) < 4.78 is 0. The molecule has 0 saturated carbocycles. The second kappa shape index (κ2) is 6.97. The number of hydrogen-bond donors (Lipinski definition) is 1. The molecule has 2 heteroatoms. The van der Waals surface area contributed by atoms with Crippen LogP contribution < -0.4 is 5.73 Å². The van der Waals surface area contributed by atoms with Crippen LogP contribution in [-0.2, 0) is 0 Å². The van der Waals surface area contributed by atoms with Crippen molar-refractivity contribution >= 4 is 11.8 Å². The quantitative estimate of drug-likeness (QED) is 0.759. The lowest BCUT2D eigenvalue weighted by Crippen LogP contribution is -2.23. The van der Waals surface area contributed by atoms with E-state index >= 15 is 0 Å². The van der Waals surface area contributed by atoms with E-state index in [2.05, 4.69) is 45.0 Å². The van der Waals surface area contributed by atoms with Crippen LogP contribution in [0.3, 0.4) is 0 Å². The van der Waals surface area contributed by atoms with Crippen molar-refractivity contribution < 1.29 is 0 Å². The number of benzene rings is 1. The standard InChI is InChI=1S/C14H23NS/c1-4-5-10-16-14(12(3)15)13-9-7-6-8-11(13)2/h6-9,12,14H,4-5,10,15H2,1-3H3. The average Bonchev–Trinajstić information content (AvgIpc) is 2.25. The summed E-state index contributed by atoms with van der Waals surface area (Å²) in [4.78, 5) is 0. The van der Waals surface area contributed by atoms with Crippen LogP contribution in [0.4, 0.5) is 0 Å². The van der Waals surface area contributed by atoms with Gasteiger partial charge in [-0.3, -0.25) is 0 Å². The highest BCUT2D eigenvalue weighted by molar-refractivity contribution is 7.99. The summed E-state index contributed by atoms with van der Waals surface area (Å²) in [6.45, 7) is 6.51. The van der Waals surface area contributed by atoms with Gasteiger partial charge in [0.15, 0.2) is 0 Å². The molecule has 1 rings (SSSR count). The minimum atomic E-state index is 0.211. The number of aryl methyl sites for hydroxylation is 1. The van der Waals surface area contributed by atoms with Crippen molar-refractivity contribution in [2.24, 2.45) is 5.73 Å². The third kappa shape index (κ3) is 3.84. The molecular weight excluding hydrogens is 214 g/mol. The van der Waals surface area contributed by atoms with Gasteiger partial charge in [-0.2, -0.15) is 11.8 Å². The summed E-state index contributed by atoms with van der Waals surface area (Å²) in [5.41, 5.74) is 8.86. The Balaban J connectivity index is 2.74. The molecule has 0 bridgehead atoms. The molecule has 1 nitrogen and oxygen atoms in total. The van der Waals surface area contributed by atoms with Crippen molar-refractivity contribution in [3.05, 3.63) is 35.4 Å². The van der Waals surface area contributed by atoms with Crippen LogP contribution in [0, 0.1) is 6.92 Å². The van der Waals surface area contributed by atoms with Gasteiger partial charge in [0.1, 0.15) is 0 Å². The molecule has 2 N–H and O–H groups in total. The van der Waals surface area contributed by atoms with E-state index in [1.807, 2.05) is 11.8 Å². The zero-order chi connectivity index (χ0) is 12.0. The zero-order valence-corrected chi connectivity index (χ0v) is 11.4. The first-order valence-corrected chi connectivity index (χ1v) is 7.14. The number of nitrogens with two attached hydrogens (primary N) is 1. The van der Waals surface area contributed by atoms with Crippen molar-refractivity contribution in [1.29, 1.82) is 0 Å². The Morgan fingerprint density at radius 2 is 2.00 bits per heavy atom. The fraction of sp³-hybridized carbons (Fsp3) is 0.571. The molecule has 0 amide bonds. The molecule has 0 saturated heterocycles. The first-order chi connectivity index (χ1) is 7.66. The van der Waals surface area contributed by atoms with E-state index < -0.39 is 0 Å². The molecule has 0 fully saturated rings. The van der Waals surface area contributed by atoms with E-state index in [4.69, 9.17) is 5.73 Å². The van der Waals surface area contributed by atoms with Gasteiger partial charge in [-0.25, -0.2) is 0 Å². The highest BCUT2D eigenvalue weighted by Crippen LogP contribution is 2.33. The van der Waals surface area contributed by atoms with Crippen LogP contribution >= 0.6 is 11.8 Å². The van der Waals surface area contributed by atoms with Gasteiger partial charge in [0.05, 0.1) is 0 Å². The number of rotatable bonds is 6. The van der Waals surface area contributed by atoms with Gasteiger partial charge in [-0.1, -0.05) is 37.6 Å². The lowest BCUT2D eigenvalue weighted by molar-refractivity contribution is 0.716. The SMILES string of the molecule is CCCCSC(c1ccccc1C)C(C)N. The molecule has 0 aliphatic heterocycles. The Kier molecular flexibility index (Phi) is 5.93. The van der Waals surface area contributed by atoms with E-state index in [-0.39, 0.29) is 6.04 Å². The molecule has 2 unspecified atom stereocenters. The molecule has 90 valence electrons. The topological polar surface area (TPSA) is 26.0 Å². The van der Waals surface area contributed by atoms with Gasteiger partial charge in [0.2, 0.25) is 0 Å². The fourth-order valence-electron chi connectivity index (χ4n) is 1.79. The van der Waals surface area contributed by atoms with Crippen LogP contribution in [0.15, 0.2) is 24.3 Å². The average molecular weight is 237 g/mol. The first-order valence-electron chi connectivity index (χ1n) is 6.09. The van der Waals surface area contributed by atoms with Gasteiger partial charge in [-0.05, 0) is 37.1 Å². The first kappa shape index (κ1) is 13.6. The predicted octanol–water partition coefficient (Wildman–Crippen LogP) is 3.92. The number of thioether (sulfide) groups is 1. The second-order valence-corrected chi connectivity index (χ2v) is 5.61. The van der Waals surface area contributed by atoms with Crippen LogP contribution in [-0.4, -0.2) is 11.8 Å². The molecule has 1 aromatic carbocycles. The Hall–Kier alpha value is -0.470. The minimum absolute atomic E-state index is 0.211. The lowest BCUT2D eigenvalue weighted by atomic mass is 10.0.